The number of aromatic hydroxyl groups is 2. The minimum absolute atomic E-state index is 0.0461. The number of benzene rings is 4. The number of para-hydroxylation sites is 4. The molecule has 0 saturated heterocycles. The standard InChI is InChI=1S/C25H18O4/c26-20-9-3-5-11-22(20)28-24-14-13-18-17-8-2-1-7-16(17)15-19(18)25(24)29-23-12-6-4-10-21(23)27/h1-14,26-27H,15H2. The van der Waals surface area contributed by atoms with E-state index in [1.807, 2.05) is 24.3 Å². The van der Waals surface area contributed by atoms with E-state index in [0.717, 1.165) is 11.1 Å². The Morgan fingerprint density at radius 1 is 0.552 bits per heavy atom. The third-order valence-electron chi connectivity index (χ3n) is 5.06. The summed E-state index contributed by atoms with van der Waals surface area (Å²) in [5.41, 5.74) is 4.45. The summed E-state index contributed by atoms with van der Waals surface area (Å²) >= 11 is 0. The minimum atomic E-state index is 0.0461. The molecular formula is C25H18O4. The molecule has 0 fully saturated rings. The first-order chi connectivity index (χ1) is 14.2. The Bertz CT molecular complexity index is 1210. The molecular weight excluding hydrogens is 364 g/mol. The average molecular weight is 382 g/mol. The fourth-order valence-electron chi connectivity index (χ4n) is 3.67. The monoisotopic (exact) mass is 382 g/mol. The van der Waals surface area contributed by atoms with Crippen LogP contribution in [0.1, 0.15) is 11.1 Å². The SMILES string of the molecule is Oc1ccccc1Oc1ccc2c(c1Oc1ccccc1O)Cc1ccccc1-2. The highest BCUT2D eigenvalue weighted by Crippen LogP contribution is 2.49. The van der Waals surface area contributed by atoms with E-state index in [1.165, 1.54) is 11.1 Å². The van der Waals surface area contributed by atoms with Gasteiger partial charge in [-0.1, -0.05) is 54.6 Å². The Kier molecular flexibility index (Phi) is 4.10. The fourth-order valence-corrected chi connectivity index (χ4v) is 3.67. The molecule has 0 atom stereocenters. The molecule has 29 heavy (non-hydrogen) atoms. The van der Waals surface area contributed by atoms with Crippen molar-refractivity contribution < 1.29 is 19.7 Å². The van der Waals surface area contributed by atoms with Crippen LogP contribution in [-0.2, 0) is 6.42 Å². The summed E-state index contributed by atoms with van der Waals surface area (Å²) in [6.45, 7) is 0. The molecule has 142 valence electrons. The first-order valence-electron chi connectivity index (χ1n) is 9.36. The van der Waals surface area contributed by atoms with Gasteiger partial charge in [-0.15, -0.1) is 0 Å². The maximum absolute atomic E-state index is 10.2. The van der Waals surface area contributed by atoms with Gasteiger partial charge in [0, 0.05) is 12.0 Å². The van der Waals surface area contributed by atoms with Crippen molar-refractivity contribution >= 4 is 0 Å². The fraction of sp³-hybridized carbons (Fsp3) is 0.0400. The molecule has 0 aliphatic heterocycles. The van der Waals surface area contributed by atoms with E-state index < -0.39 is 0 Å². The van der Waals surface area contributed by atoms with Crippen molar-refractivity contribution in [3.8, 4) is 45.6 Å². The first-order valence-corrected chi connectivity index (χ1v) is 9.36. The van der Waals surface area contributed by atoms with Gasteiger partial charge in [0.2, 0.25) is 0 Å². The predicted octanol–water partition coefficient (Wildman–Crippen LogP) is 6.25. The van der Waals surface area contributed by atoms with Gasteiger partial charge in [0.25, 0.3) is 0 Å². The Hall–Kier alpha value is -3.92. The van der Waals surface area contributed by atoms with Gasteiger partial charge in [0.1, 0.15) is 0 Å². The van der Waals surface area contributed by atoms with Crippen molar-refractivity contribution in [2.45, 2.75) is 6.42 Å². The normalized spacial score (nSPS) is 11.6. The first kappa shape index (κ1) is 17.2. The van der Waals surface area contributed by atoms with E-state index in [-0.39, 0.29) is 11.5 Å². The van der Waals surface area contributed by atoms with E-state index in [9.17, 15) is 10.2 Å². The van der Waals surface area contributed by atoms with E-state index in [4.69, 9.17) is 9.47 Å². The van der Waals surface area contributed by atoms with Crippen LogP contribution in [0.2, 0.25) is 0 Å². The van der Waals surface area contributed by atoms with Crippen LogP contribution in [0.3, 0.4) is 0 Å². The number of phenols is 2. The molecule has 2 N–H and O–H groups in total. The smallest absolute Gasteiger partial charge is 0.174 e. The second-order valence-electron chi connectivity index (χ2n) is 6.89. The highest BCUT2D eigenvalue weighted by molar-refractivity contribution is 5.81. The lowest BCUT2D eigenvalue weighted by Crippen LogP contribution is -1.96. The van der Waals surface area contributed by atoms with Crippen LogP contribution in [0.5, 0.6) is 34.5 Å². The summed E-state index contributed by atoms with van der Waals surface area (Å²) in [7, 11) is 0. The molecule has 4 aromatic rings. The predicted molar refractivity (Wildman–Crippen MR) is 111 cm³/mol. The molecule has 0 heterocycles. The van der Waals surface area contributed by atoms with Gasteiger partial charge in [-0.25, -0.2) is 0 Å². The van der Waals surface area contributed by atoms with Crippen LogP contribution in [0.25, 0.3) is 11.1 Å². The van der Waals surface area contributed by atoms with E-state index in [2.05, 4.69) is 12.1 Å². The molecule has 0 bridgehead atoms. The molecule has 4 aromatic carbocycles. The van der Waals surface area contributed by atoms with Gasteiger partial charge < -0.3 is 19.7 Å². The van der Waals surface area contributed by atoms with Crippen LogP contribution in [0.4, 0.5) is 0 Å². The highest BCUT2D eigenvalue weighted by atomic mass is 16.5. The summed E-state index contributed by atoms with van der Waals surface area (Å²) in [5.74, 6) is 1.78. The Morgan fingerprint density at radius 3 is 1.90 bits per heavy atom. The zero-order valence-electron chi connectivity index (χ0n) is 15.5. The third kappa shape index (κ3) is 3.05. The van der Waals surface area contributed by atoms with E-state index >= 15 is 0 Å². The summed E-state index contributed by atoms with van der Waals surface area (Å²) < 4.78 is 12.2. The van der Waals surface area contributed by atoms with Crippen molar-refractivity contribution in [1.82, 2.24) is 0 Å². The molecule has 5 rings (SSSR count). The van der Waals surface area contributed by atoms with Gasteiger partial charge in [0.05, 0.1) is 0 Å². The Balaban J connectivity index is 1.64. The van der Waals surface area contributed by atoms with Crippen molar-refractivity contribution in [2.75, 3.05) is 0 Å². The van der Waals surface area contributed by atoms with Gasteiger partial charge >= 0.3 is 0 Å². The lowest BCUT2D eigenvalue weighted by atomic mass is 10.0. The highest BCUT2D eigenvalue weighted by Gasteiger charge is 2.26. The maximum Gasteiger partial charge on any atom is 0.174 e. The molecule has 0 aromatic heterocycles. The number of rotatable bonds is 4. The zero-order valence-corrected chi connectivity index (χ0v) is 15.5. The average Bonchev–Trinajstić information content (AvgIpc) is 3.12. The third-order valence-corrected chi connectivity index (χ3v) is 5.06. The summed E-state index contributed by atoms with van der Waals surface area (Å²) in [4.78, 5) is 0. The minimum Gasteiger partial charge on any atom is -0.504 e. The van der Waals surface area contributed by atoms with Crippen LogP contribution < -0.4 is 9.47 Å². The molecule has 4 heteroatoms. The molecule has 0 unspecified atom stereocenters. The number of phenolic OH excluding ortho intramolecular Hbond substituents is 2. The van der Waals surface area contributed by atoms with E-state index in [0.29, 0.717) is 29.4 Å². The maximum atomic E-state index is 10.2. The number of hydrogen-bond acceptors (Lipinski definition) is 4. The number of hydrogen-bond donors (Lipinski definition) is 2. The van der Waals surface area contributed by atoms with Gasteiger partial charge in [-0.3, -0.25) is 0 Å². The summed E-state index contributed by atoms with van der Waals surface area (Å²) in [6.07, 6.45) is 0.701. The Morgan fingerprint density at radius 2 is 1.17 bits per heavy atom. The lowest BCUT2D eigenvalue weighted by Gasteiger charge is -2.17. The number of fused-ring (bicyclic) bond motifs is 3. The molecule has 1 aliphatic carbocycles. The van der Waals surface area contributed by atoms with Crippen molar-refractivity contribution in [1.29, 1.82) is 0 Å². The van der Waals surface area contributed by atoms with Crippen LogP contribution >= 0.6 is 0 Å². The zero-order chi connectivity index (χ0) is 19.8. The van der Waals surface area contributed by atoms with Crippen molar-refractivity contribution in [3.63, 3.8) is 0 Å². The van der Waals surface area contributed by atoms with Gasteiger partial charge in [-0.2, -0.15) is 0 Å². The molecule has 0 amide bonds. The van der Waals surface area contributed by atoms with Crippen LogP contribution in [-0.4, -0.2) is 10.2 Å². The second kappa shape index (κ2) is 6.91. The molecule has 0 spiro atoms. The molecule has 0 radical (unpaired) electrons. The quantitative estimate of drug-likeness (QED) is 0.385. The van der Waals surface area contributed by atoms with Crippen LogP contribution in [0, 0.1) is 0 Å². The molecule has 0 saturated carbocycles. The van der Waals surface area contributed by atoms with Crippen molar-refractivity contribution in [2.24, 2.45) is 0 Å². The lowest BCUT2D eigenvalue weighted by molar-refractivity contribution is 0.375. The van der Waals surface area contributed by atoms with Crippen LogP contribution in [0.15, 0.2) is 84.9 Å². The van der Waals surface area contributed by atoms with Gasteiger partial charge in [0.15, 0.2) is 34.5 Å². The van der Waals surface area contributed by atoms with Crippen molar-refractivity contribution in [3.05, 3.63) is 96.1 Å². The van der Waals surface area contributed by atoms with E-state index in [1.54, 1.807) is 48.5 Å². The molecule has 4 nitrogen and oxygen atoms in total. The molecule has 1 aliphatic rings. The van der Waals surface area contributed by atoms with Gasteiger partial charge in [-0.05, 0) is 47.0 Å². The second-order valence-corrected chi connectivity index (χ2v) is 6.89. The topological polar surface area (TPSA) is 58.9 Å². The summed E-state index contributed by atoms with van der Waals surface area (Å²) in [5, 5.41) is 20.3. The Labute approximate surface area is 168 Å². The summed E-state index contributed by atoms with van der Waals surface area (Å²) in [6, 6.07) is 25.7. The number of ether oxygens (including phenoxy) is 2. The largest absolute Gasteiger partial charge is 0.504 e.